The lowest BCUT2D eigenvalue weighted by atomic mass is 9.58. The molecular weight excluding hydrogens is 360 g/mol. The van der Waals surface area contributed by atoms with Gasteiger partial charge < -0.3 is 5.32 Å². The number of carbonyl (C=O) groups is 2. The van der Waals surface area contributed by atoms with Crippen molar-refractivity contribution >= 4 is 17.3 Å². The number of carbonyl (C=O) groups excluding carboxylic acids is 2. The maximum absolute atomic E-state index is 13.5. The summed E-state index contributed by atoms with van der Waals surface area (Å²) in [5.74, 6) is -0.0485. The topological polar surface area (TPSA) is 49.4 Å². The zero-order valence-electron chi connectivity index (χ0n) is 16.1. The third kappa shape index (κ3) is 2.03. The molecule has 6 rings (SSSR count). The molecule has 1 aromatic rings. The van der Waals surface area contributed by atoms with E-state index in [4.69, 9.17) is 0 Å². The maximum Gasteiger partial charge on any atom is 0.261 e. The van der Waals surface area contributed by atoms with Crippen molar-refractivity contribution in [3.8, 4) is 0 Å². The van der Waals surface area contributed by atoms with E-state index in [2.05, 4.69) is 17.5 Å². The molecule has 0 spiro atoms. The molecule has 1 amide bonds. The molecule has 2 aliphatic heterocycles. The van der Waals surface area contributed by atoms with E-state index in [0.29, 0.717) is 12.0 Å². The Balaban J connectivity index is 1.60. The van der Waals surface area contributed by atoms with Crippen LogP contribution in [0.15, 0.2) is 89.8 Å². The Morgan fingerprint density at radius 3 is 2.79 bits per heavy atom. The van der Waals surface area contributed by atoms with Gasteiger partial charge in [0.15, 0.2) is 5.78 Å². The number of amides is 1. The third-order valence-electron chi connectivity index (χ3n) is 6.71. The molecule has 3 atom stereocenters. The van der Waals surface area contributed by atoms with Crippen molar-refractivity contribution < 1.29 is 9.59 Å². The molecule has 0 saturated heterocycles. The Kier molecular flexibility index (Phi) is 3.18. The smallest absolute Gasteiger partial charge is 0.261 e. The van der Waals surface area contributed by atoms with E-state index >= 15 is 0 Å². The first kappa shape index (κ1) is 16.5. The van der Waals surface area contributed by atoms with Crippen LogP contribution in [0.3, 0.4) is 0 Å². The van der Waals surface area contributed by atoms with Gasteiger partial charge in [-0.3, -0.25) is 14.5 Å². The van der Waals surface area contributed by atoms with Crippen LogP contribution in [0, 0.1) is 11.3 Å². The van der Waals surface area contributed by atoms with Crippen molar-refractivity contribution in [2.45, 2.75) is 19.5 Å². The van der Waals surface area contributed by atoms with Crippen molar-refractivity contribution in [2.75, 3.05) is 0 Å². The molecule has 3 aliphatic carbocycles. The second-order valence-corrected chi connectivity index (χ2v) is 8.31. The maximum atomic E-state index is 13.5. The van der Waals surface area contributed by atoms with Crippen LogP contribution >= 0.6 is 0 Å². The van der Waals surface area contributed by atoms with E-state index in [1.54, 1.807) is 0 Å². The number of benzene rings is 1. The van der Waals surface area contributed by atoms with Crippen LogP contribution in [0.4, 0.5) is 0 Å². The largest absolute Gasteiger partial charge is 0.364 e. The number of nitrogens with zero attached hydrogens (tertiary/aromatic N) is 1. The molecule has 29 heavy (non-hydrogen) atoms. The lowest BCUT2D eigenvalue weighted by Gasteiger charge is -2.52. The fourth-order valence-corrected chi connectivity index (χ4v) is 5.35. The zero-order chi connectivity index (χ0) is 19.8. The van der Waals surface area contributed by atoms with Crippen molar-refractivity contribution in [3.63, 3.8) is 0 Å². The van der Waals surface area contributed by atoms with E-state index < -0.39 is 5.41 Å². The number of ketones is 1. The van der Waals surface area contributed by atoms with Gasteiger partial charge in [-0.1, -0.05) is 54.6 Å². The second kappa shape index (κ2) is 5.57. The van der Waals surface area contributed by atoms with Gasteiger partial charge in [-0.2, -0.15) is 0 Å². The normalized spacial score (nSPS) is 31.1. The number of nitrogens with one attached hydrogen (secondary N) is 1. The standard InChI is InChI=1S/C25H20N2O2/c1-25-13-7-12-20-22(25)18(15-8-5-6-9-16(15)23(25)28)14-21-26-19-11-4-2-3-10-17(19)24(29)27(20)21/h2-10,12-14,21-22,26H,11H2,1H3/t21-,22?,25+/m1/s1. The summed E-state index contributed by atoms with van der Waals surface area (Å²) in [7, 11) is 0. The Bertz CT molecular complexity index is 1180. The minimum atomic E-state index is -0.689. The summed E-state index contributed by atoms with van der Waals surface area (Å²) in [6.45, 7) is 2.00. The number of hydrogen-bond donors (Lipinski definition) is 1. The van der Waals surface area contributed by atoms with Crippen LogP contribution in [0.1, 0.15) is 29.3 Å². The highest BCUT2D eigenvalue weighted by Crippen LogP contribution is 2.55. The molecule has 5 aliphatic rings. The average molecular weight is 380 g/mol. The predicted molar refractivity (Wildman–Crippen MR) is 111 cm³/mol. The van der Waals surface area contributed by atoms with Gasteiger partial charge in [0.1, 0.15) is 6.17 Å². The number of allylic oxidation sites excluding steroid dienone is 7. The van der Waals surface area contributed by atoms with Crippen LogP contribution in [0.25, 0.3) is 5.57 Å². The summed E-state index contributed by atoms with van der Waals surface area (Å²) in [5.41, 5.74) is 4.73. The predicted octanol–water partition coefficient (Wildman–Crippen LogP) is 3.88. The van der Waals surface area contributed by atoms with Crippen molar-refractivity contribution in [2.24, 2.45) is 11.3 Å². The first-order chi connectivity index (χ1) is 14.1. The molecule has 2 heterocycles. The molecule has 4 nitrogen and oxygen atoms in total. The lowest BCUT2D eigenvalue weighted by molar-refractivity contribution is -0.128. The molecule has 1 aromatic carbocycles. The summed E-state index contributed by atoms with van der Waals surface area (Å²) in [5, 5.41) is 3.57. The number of hydrogen-bond acceptors (Lipinski definition) is 3. The Labute approximate surface area is 169 Å². The minimum absolute atomic E-state index is 0.00536. The number of fused-ring (bicyclic) bond motifs is 4. The Hall–Kier alpha value is -3.40. The molecule has 0 fully saturated rings. The molecule has 1 unspecified atom stereocenters. The summed E-state index contributed by atoms with van der Waals surface area (Å²) >= 11 is 0. The van der Waals surface area contributed by atoms with Crippen LogP contribution in [-0.2, 0) is 4.79 Å². The quantitative estimate of drug-likeness (QED) is 0.743. The zero-order valence-corrected chi connectivity index (χ0v) is 16.1. The van der Waals surface area contributed by atoms with Crippen molar-refractivity contribution in [3.05, 3.63) is 101 Å². The van der Waals surface area contributed by atoms with Gasteiger partial charge in [0, 0.05) is 29.3 Å². The summed E-state index contributed by atoms with van der Waals surface area (Å²) in [4.78, 5) is 28.8. The van der Waals surface area contributed by atoms with Crippen LogP contribution in [-0.4, -0.2) is 22.8 Å². The first-order valence-corrected chi connectivity index (χ1v) is 10.0. The van der Waals surface area contributed by atoms with E-state index in [0.717, 1.165) is 28.1 Å². The van der Waals surface area contributed by atoms with Crippen molar-refractivity contribution in [1.29, 1.82) is 0 Å². The Morgan fingerprint density at radius 1 is 1.10 bits per heavy atom. The van der Waals surface area contributed by atoms with Crippen molar-refractivity contribution in [1.82, 2.24) is 10.2 Å². The molecule has 1 N–H and O–H groups in total. The van der Waals surface area contributed by atoms with Crippen LogP contribution in [0.5, 0.6) is 0 Å². The van der Waals surface area contributed by atoms with Gasteiger partial charge in [0.25, 0.3) is 5.91 Å². The lowest BCUT2D eigenvalue weighted by Crippen LogP contribution is -2.58. The fourth-order valence-electron chi connectivity index (χ4n) is 5.35. The monoisotopic (exact) mass is 380 g/mol. The SMILES string of the molecule is C[C@]12C=CC=C3C1C(=C[C@@H]1NC4=C(C=CC=CC4)C(=O)N31)c1ccccc1C2=O. The van der Waals surface area contributed by atoms with E-state index in [1.165, 1.54) is 0 Å². The van der Waals surface area contributed by atoms with E-state index in [1.807, 2.05) is 72.5 Å². The molecule has 0 aromatic heterocycles. The summed E-state index contributed by atoms with van der Waals surface area (Å²) in [6, 6.07) is 7.84. The molecule has 0 bridgehead atoms. The van der Waals surface area contributed by atoms with Gasteiger partial charge in [-0.15, -0.1) is 0 Å². The van der Waals surface area contributed by atoms with Gasteiger partial charge >= 0.3 is 0 Å². The fraction of sp³-hybridized carbons (Fsp3) is 0.200. The minimum Gasteiger partial charge on any atom is -0.364 e. The van der Waals surface area contributed by atoms with E-state index in [-0.39, 0.29) is 23.8 Å². The van der Waals surface area contributed by atoms with Gasteiger partial charge in [-0.05, 0) is 36.3 Å². The van der Waals surface area contributed by atoms with Crippen LogP contribution < -0.4 is 5.32 Å². The highest BCUT2D eigenvalue weighted by molar-refractivity contribution is 6.11. The molecule has 0 saturated carbocycles. The third-order valence-corrected chi connectivity index (χ3v) is 6.71. The van der Waals surface area contributed by atoms with E-state index in [9.17, 15) is 9.59 Å². The van der Waals surface area contributed by atoms with Crippen LogP contribution in [0.2, 0.25) is 0 Å². The molecular formula is C25H20N2O2. The number of Topliss-reactive ketones (excluding diaryl/α,β-unsaturated/α-hetero) is 1. The first-order valence-electron chi connectivity index (χ1n) is 10.0. The number of rotatable bonds is 0. The molecule has 142 valence electrons. The highest BCUT2D eigenvalue weighted by Gasteiger charge is 2.54. The molecule has 4 heteroatoms. The van der Waals surface area contributed by atoms with Gasteiger partial charge in [0.05, 0.1) is 11.0 Å². The highest BCUT2D eigenvalue weighted by atomic mass is 16.2. The Morgan fingerprint density at radius 2 is 1.93 bits per heavy atom. The average Bonchev–Trinajstić information content (AvgIpc) is 2.97. The van der Waals surface area contributed by atoms with Gasteiger partial charge in [-0.25, -0.2) is 0 Å². The second-order valence-electron chi connectivity index (χ2n) is 8.31. The van der Waals surface area contributed by atoms with Gasteiger partial charge in [0.2, 0.25) is 0 Å². The molecule has 0 radical (unpaired) electrons. The summed E-state index contributed by atoms with van der Waals surface area (Å²) < 4.78 is 0. The summed E-state index contributed by atoms with van der Waals surface area (Å²) in [6.07, 6.45) is 16.3.